The fourth-order valence-corrected chi connectivity index (χ4v) is 10.8. The first-order chi connectivity index (χ1) is 27.7. The number of nitrogens with zero attached hydrogens (tertiary/aromatic N) is 1. The second kappa shape index (κ2) is 24.0. The maximum atomic E-state index is 14.1. The van der Waals surface area contributed by atoms with Crippen molar-refractivity contribution in [2.24, 2.45) is 17.4 Å². The van der Waals surface area contributed by atoms with Gasteiger partial charge in [0.1, 0.15) is 17.5 Å². The predicted molar refractivity (Wildman–Crippen MR) is 225 cm³/mol. The fourth-order valence-electron chi connectivity index (χ4n) is 10.8. The van der Waals surface area contributed by atoms with Gasteiger partial charge in [0.25, 0.3) is 0 Å². The SMILES string of the molecule is CC[C@@H]1C=CCC[C@]2(C[C@H]3CC[C@H]4[C@@H](C(=O)OCCCCCCCCCCCCCCCC(=O)N(CCCN)C[C@H](O)CCN)[C@@]5(CCC[C@H](C)O5)NC(N2)[NH+]34)O1. The Bertz CT molecular complexity index is 1230. The lowest BCUT2D eigenvalue weighted by atomic mass is 9.79. The van der Waals surface area contributed by atoms with Crippen LogP contribution in [-0.2, 0) is 23.8 Å². The van der Waals surface area contributed by atoms with Crippen LogP contribution in [0.5, 0.6) is 0 Å². The highest BCUT2D eigenvalue weighted by Gasteiger charge is 2.66. The van der Waals surface area contributed by atoms with Crippen LogP contribution < -0.4 is 27.0 Å². The van der Waals surface area contributed by atoms with Crippen molar-refractivity contribution in [3.05, 3.63) is 12.2 Å². The van der Waals surface area contributed by atoms with E-state index in [1.54, 1.807) is 4.90 Å². The summed E-state index contributed by atoms with van der Waals surface area (Å²) in [5.41, 5.74) is 10.2. The summed E-state index contributed by atoms with van der Waals surface area (Å²) in [5, 5.41) is 18.0. The maximum absolute atomic E-state index is 14.1. The van der Waals surface area contributed by atoms with Crippen molar-refractivity contribution in [2.75, 3.05) is 32.8 Å². The van der Waals surface area contributed by atoms with Crippen LogP contribution in [0, 0.1) is 5.92 Å². The highest BCUT2D eigenvalue weighted by molar-refractivity contribution is 5.76. The monoisotopic (exact) mass is 804 g/mol. The molecule has 12 nitrogen and oxygen atoms in total. The summed E-state index contributed by atoms with van der Waals surface area (Å²) >= 11 is 0. The standard InChI is InChI=1S/C45H82N6O6/c1-3-38-22-16-17-27-44(57-38)33-36-24-25-39-41(45(28-19-21-35(2)56-45)49-43(48-44)51(36)39)42(54)55-32-18-14-12-10-8-6-4-5-7-9-11-13-15-23-40(53)50(31-20-29-46)34-37(52)26-30-47/h16,22,35-39,41,43,48-49,52H,3-15,17-21,23-34,46-47H2,1-2H3/p+1/t35-,36+,37+,38+,39-,41-,43?,44+,45-/m0/s1. The Kier molecular flexibility index (Phi) is 19.5. The molecule has 5 aliphatic rings. The number of hydrogen-bond acceptors (Lipinski definition) is 10. The molecule has 4 fully saturated rings. The Morgan fingerprint density at radius 3 is 2.28 bits per heavy atom. The number of ether oxygens (including phenoxy) is 3. The molecule has 0 radical (unpaired) electrons. The van der Waals surface area contributed by atoms with Crippen molar-refractivity contribution in [3.8, 4) is 0 Å². The van der Waals surface area contributed by atoms with E-state index < -0.39 is 11.8 Å². The van der Waals surface area contributed by atoms with Gasteiger partial charge < -0.3 is 40.6 Å². The summed E-state index contributed by atoms with van der Waals surface area (Å²) in [5.74, 6) is -0.243. The molecule has 10 atom stereocenters. The van der Waals surface area contributed by atoms with Crippen molar-refractivity contribution >= 4 is 11.9 Å². The first kappa shape index (κ1) is 46.4. The van der Waals surface area contributed by atoms with E-state index in [1.807, 2.05) is 0 Å². The Hall–Kier alpha value is -1.64. The van der Waals surface area contributed by atoms with Gasteiger partial charge >= 0.3 is 5.97 Å². The highest BCUT2D eigenvalue weighted by atomic mass is 16.6. The Balaban J connectivity index is 0.931. The number of quaternary nitrogens is 1. The highest BCUT2D eigenvalue weighted by Crippen LogP contribution is 2.42. The van der Waals surface area contributed by atoms with Crippen molar-refractivity contribution < 1.29 is 33.8 Å². The van der Waals surface area contributed by atoms with Crippen LogP contribution in [-0.4, -0.2) is 103 Å². The number of aliphatic hydroxyl groups excluding tert-OH is 1. The van der Waals surface area contributed by atoms with E-state index >= 15 is 0 Å². The van der Waals surface area contributed by atoms with Gasteiger partial charge in [-0.25, -0.2) is 10.6 Å². The van der Waals surface area contributed by atoms with Gasteiger partial charge in [-0.2, -0.15) is 0 Å². The molecule has 0 saturated carbocycles. The maximum Gasteiger partial charge on any atom is 0.319 e. The third kappa shape index (κ3) is 13.4. The summed E-state index contributed by atoms with van der Waals surface area (Å²) < 4.78 is 19.8. The molecule has 8 N–H and O–H groups in total. The van der Waals surface area contributed by atoms with Crippen molar-refractivity contribution in [3.63, 3.8) is 0 Å². The number of hydrogen-bond donors (Lipinski definition) is 6. The normalized spacial score (nSPS) is 32.6. The molecule has 4 saturated heterocycles. The zero-order valence-electron chi connectivity index (χ0n) is 36.0. The number of nitrogens with two attached hydrogens (primary N) is 2. The van der Waals surface area contributed by atoms with E-state index in [0.717, 1.165) is 89.9 Å². The van der Waals surface area contributed by atoms with Crippen LogP contribution in [0.15, 0.2) is 12.2 Å². The minimum Gasteiger partial charge on any atom is -0.465 e. The molecule has 2 spiro atoms. The second-order valence-corrected chi connectivity index (χ2v) is 18.2. The third-order valence-electron chi connectivity index (χ3n) is 13.7. The topological polar surface area (TPSA) is 166 Å². The third-order valence-corrected chi connectivity index (χ3v) is 13.7. The van der Waals surface area contributed by atoms with E-state index in [9.17, 15) is 14.7 Å². The molecule has 328 valence electrons. The molecule has 57 heavy (non-hydrogen) atoms. The summed E-state index contributed by atoms with van der Waals surface area (Å²) in [7, 11) is 0. The summed E-state index contributed by atoms with van der Waals surface area (Å²) in [6, 6.07) is 0.631. The van der Waals surface area contributed by atoms with Crippen LogP contribution in [0.3, 0.4) is 0 Å². The average Bonchev–Trinajstić information content (AvgIpc) is 3.49. The van der Waals surface area contributed by atoms with Crippen molar-refractivity contribution in [1.29, 1.82) is 0 Å². The Morgan fingerprint density at radius 2 is 1.61 bits per heavy atom. The van der Waals surface area contributed by atoms with Crippen LogP contribution in [0.25, 0.3) is 0 Å². The van der Waals surface area contributed by atoms with Gasteiger partial charge in [0.15, 0.2) is 5.92 Å². The van der Waals surface area contributed by atoms with E-state index in [4.69, 9.17) is 25.7 Å². The molecule has 0 aliphatic carbocycles. The Labute approximate surface area is 345 Å². The first-order valence-corrected chi connectivity index (χ1v) is 23.7. The molecule has 5 rings (SSSR count). The van der Waals surface area contributed by atoms with E-state index in [1.165, 1.54) is 62.7 Å². The summed E-state index contributed by atoms with van der Waals surface area (Å²) in [4.78, 5) is 30.0. The van der Waals surface area contributed by atoms with Crippen LogP contribution >= 0.6 is 0 Å². The lowest BCUT2D eigenvalue weighted by Crippen LogP contribution is -3.29. The fraction of sp³-hybridized carbons (Fsp3) is 0.911. The molecule has 5 heterocycles. The minimum absolute atomic E-state index is 0.00644. The molecule has 0 aromatic heterocycles. The quantitative estimate of drug-likeness (QED) is 0.0424. The van der Waals surface area contributed by atoms with Crippen molar-refractivity contribution in [2.45, 2.75) is 223 Å². The number of allylic oxidation sites excluding steroid dienone is 1. The number of carbonyl (C=O) groups is 2. The summed E-state index contributed by atoms with van der Waals surface area (Å²) in [6.45, 7) is 6.77. The van der Waals surface area contributed by atoms with E-state index in [2.05, 4.69) is 36.6 Å². The van der Waals surface area contributed by atoms with E-state index in [-0.39, 0.29) is 48.1 Å². The molecule has 12 heteroatoms. The van der Waals surface area contributed by atoms with Gasteiger partial charge in [-0.15, -0.1) is 0 Å². The second-order valence-electron chi connectivity index (χ2n) is 18.2. The van der Waals surface area contributed by atoms with Crippen LogP contribution in [0.4, 0.5) is 0 Å². The van der Waals surface area contributed by atoms with Gasteiger partial charge in [0, 0.05) is 38.8 Å². The van der Waals surface area contributed by atoms with Crippen molar-refractivity contribution in [1.82, 2.24) is 15.5 Å². The molecule has 0 aromatic carbocycles. The number of amides is 1. The van der Waals surface area contributed by atoms with Gasteiger partial charge in [-0.1, -0.05) is 89.7 Å². The van der Waals surface area contributed by atoms with Gasteiger partial charge in [0.05, 0.1) is 31.0 Å². The number of rotatable bonds is 25. The zero-order chi connectivity index (χ0) is 40.5. The van der Waals surface area contributed by atoms with Crippen LogP contribution in [0.1, 0.15) is 174 Å². The van der Waals surface area contributed by atoms with Crippen LogP contribution in [0.2, 0.25) is 0 Å². The molecule has 0 bridgehead atoms. The summed E-state index contributed by atoms with van der Waals surface area (Å²) in [6.07, 6.45) is 30.2. The molecule has 1 amide bonds. The minimum atomic E-state index is -0.704. The number of aliphatic hydroxyl groups is 1. The molecule has 0 aromatic rings. The molecule has 2 unspecified atom stereocenters. The molecular formula is C45H83N6O6+. The Morgan fingerprint density at radius 1 is 0.912 bits per heavy atom. The van der Waals surface area contributed by atoms with Gasteiger partial charge in [0.2, 0.25) is 12.2 Å². The lowest BCUT2D eigenvalue weighted by Gasteiger charge is -2.58. The largest absolute Gasteiger partial charge is 0.465 e. The van der Waals surface area contributed by atoms with E-state index in [0.29, 0.717) is 51.7 Å². The predicted octanol–water partition coefficient (Wildman–Crippen LogP) is 4.92. The smallest absolute Gasteiger partial charge is 0.319 e. The zero-order valence-corrected chi connectivity index (χ0v) is 36.0. The van der Waals surface area contributed by atoms with Gasteiger partial charge in [-0.05, 0) is 84.2 Å². The number of esters is 1. The first-order valence-electron chi connectivity index (χ1n) is 23.7. The molecular weight excluding hydrogens is 721 g/mol. The number of carbonyl (C=O) groups excluding carboxylic acids is 2. The van der Waals surface area contributed by atoms with Gasteiger partial charge in [-0.3, -0.25) is 9.59 Å². The number of unbranched alkanes of at least 4 members (excludes halogenated alkanes) is 12. The lowest BCUT2D eigenvalue weighted by molar-refractivity contribution is -0.985. The number of nitrogens with one attached hydrogen (secondary N) is 3. The average molecular weight is 804 g/mol. The molecule has 5 aliphatic heterocycles.